The van der Waals surface area contributed by atoms with Crippen molar-refractivity contribution in [3.63, 3.8) is 0 Å². The fraction of sp³-hybridized carbons (Fsp3) is 0.250. The Labute approximate surface area is 216 Å². The van der Waals surface area contributed by atoms with Crippen LogP contribution in [0.5, 0.6) is 11.5 Å². The van der Waals surface area contributed by atoms with Crippen molar-refractivity contribution in [2.24, 2.45) is 0 Å². The first-order chi connectivity index (χ1) is 18.0. The van der Waals surface area contributed by atoms with Crippen LogP contribution in [-0.2, 0) is 9.84 Å². The number of sulfone groups is 1. The number of nitrogens with zero attached hydrogens (tertiary/aromatic N) is 3. The molecule has 1 fully saturated rings. The SMILES string of the molecule is Cc1ccccc1-c1nc(S(=O)(=O)c2ccc3c(c2)OCCO3)c(N2CCN(c3ccccc3)CC2)o1. The fourth-order valence-electron chi connectivity index (χ4n) is 4.71. The summed E-state index contributed by atoms with van der Waals surface area (Å²) in [6.07, 6.45) is 0. The van der Waals surface area contributed by atoms with Crippen LogP contribution >= 0.6 is 0 Å². The highest BCUT2D eigenvalue weighted by Gasteiger charge is 2.34. The summed E-state index contributed by atoms with van der Waals surface area (Å²) in [5.74, 6) is 1.49. The molecule has 2 aliphatic rings. The number of aryl methyl sites for hydroxylation is 1. The van der Waals surface area contributed by atoms with Gasteiger partial charge < -0.3 is 23.7 Å². The smallest absolute Gasteiger partial charge is 0.236 e. The highest BCUT2D eigenvalue weighted by Crippen LogP contribution is 2.39. The van der Waals surface area contributed by atoms with Crippen molar-refractivity contribution in [3.8, 4) is 23.0 Å². The molecule has 4 aromatic rings. The predicted octanol–water partition coefficient (Wildman–Crippen LogP) is 4.58. The molecule has 0 amide bonds. The van der Waals surface area contributed by atoms with Crippen molar-refractivity contribution in [2.45, 2.75) is 16.8 Å². The maximum Gasteiger partial charge on any atom is 0.236 e. The Kier molecular flexibility index (Phi) is 6.00. The Morgan fingerprint density at radius 2 is 1.46 bits per heavy atom. The lowest BCUT2D eigenvalue weighted by molar-refractivity contribution is 0.171. The van der Waals surface area contributed by atoms with Crippen LogP contribution in [0.15, 0.2) is 87.1 Å². The van der Waals surface area contributed by atoms with E-state index in [1.165, 1.54) is 12.1 Å². The minimum absolute atomic E-state index is 0.0874. The van der Waals surface area contributed by atoms with Gasteiger partial charge in [-0.3, -0.25) is 0 Å². The first-order valence-corrected chi connectivity index (χ1v) is 13.8. The van der Waals surface area contributed by atoms with Crippen LogP contribution in [0, 0.1) is 6.92 Å². The summed E-state index contributed by atoms with van der Waals surface area (Å²) in [5.41, 5.74) is 2.85. The van der Waals surface area contributed by atoms with E-state index in [9.17, 15) is 8.42 Å². The average molecular weight is 518 g/mol. The second-order valence-corrected chi connectivity index (χ2v) is 10.9. The fourth-order valence-corrected chi connectivity index (χ4v) is 6.05. The molecule has 0 N–H and O–H groups in total. The van der Waals surface area contributed by atoms with Crippen LogP contribution in [0.4, 0.5) is 11.6 Å². The molecule has 8 nitrogen and oxygen atoms in total. The van der Waals surface area contributed by atoms with E-state index in [2.05, 4.69) is 22.0 Å². The van der Waals surface area contributed by atoms with Gasteiger partial charge in [0.05, 0.1) is 4.90 Å². The minimum Gasteiger partial charge on any atom is -0.486 e. The molecule has 3 heterocycles. The number of para-hydroxylation sites is 1. The van der Waals surface area contributed by atoms with Gasteiger partial charge in [-0.1, -0.05) is 36.4 Å². The lowest BCUT2D eigenvalue weighted by Crippen LogP contribution is -2.46. The van der Waals surface area contributed by atoms with Crippen molar-refractivity contribution in [1.29, 1.82) is 0 Å². The van der Waals surface area contributed by atoms with Gasteiger partial charge in [0, 0.05) is 43.5 Å². The van der Waals surface area contributed by atoms with Crippen LogP contribution < -0.4 is 19.3 Å². The van der Waals surface area contributed by atoms with E-state index in [1.807, 2.05) is 54.3 Å². The number of piperazine rings is 1. The van der Waals surface area contributed by atoms with Crippen molar-refractivity contribution in [1.82, 2.24) is 4.98 Å². The zero-order valence-electron chi connectivity index (χ0n) is 20.5. The number of fused-ring (bicyclic) bond motifs is 1. The molecule has 0 bridgehead atoms. The summed E-state index contributed by atoms with van der Waals surface area (Å²) in [5, 5.41) is -0.0874. The van der Waals surface area contributed by atoms with E-state index < -0.39 is 9.84 Å². The zero-order valence-corrected chi connectivity index (χ0v) is 21.3. The molecular formula is C28H27N3O5S. The summed E-state index contributed by atoms with van der Waals surface area (Å²) in [6, 6.07) is 22.5. The largest absolute Gasteiger partial charge is 0.486 e. The molecule has 0 spiro atoms. The Hall–Kier alpha value is -3.98. The number of hydrogen-bond donors (Lipinski definition) is 0. The minimum atomic E-state index is -4.01. The van der Waals surface area contributed by atoms with Gasteiger partial charge in [-0.15, -0.1) is 0 Å². The quantitative estimate of drug-likeness (QED) is 0.380. The van der Waals surface area contributed by atoms with Gasteiger partial charge in [-0.05, 0) is 42.8 Å². The molecule has 9 heteroatoms. The summed E-state index contributed by atoms with van der Waals surface area (Å²) in [7, 11) is -4.01. The summed E-state index contributed by atoms with van der Waals surface area (Å²) in [4.78, 5) is 8.91. The second kappa shape index (κ2) is 9.48. The third-order valence-electron chi connectivity index (χ3n) is 6.72. The number of aromatic nitrogens is 1. The molecule has 3 aromatic carbocycles. The van der Waals surface area contributed by atoms with Gasteiger partial charge in [0.25, 0.3) is 0 Å². The highest BCUT2D eigenvalue weighted by molar-refractivity contribution is 7.91. The van der Waals surface area contributed by atoms with Crippen LogP contribution in [0.3, 0.4) is 0 Å². The molecule has 0 aliphatic carbocycles. The molecule has 6 rings (SSSR count). The van der Waals surface area contributed by atoms with E-state index in [4.69, 9.17) is 13.9 Å². The van der Waals surface area contributed by atoms with E-state index in [0.29, 0.717) is 37.8 Å². The predicted molar refractivity (Wildman–Crippen MR) is 140 cm³/mol. The molecule has 37 heavy (non-hydrogen) atoms. The van der Waals surface area contributed by atoms with Gasteiger partial charge >= 0.3 is 0 Å². The number of oxazole rings is 1. The third kappa shape index (κ3) is 4.40. The monoisotopic (exact) mass is 517 g/mol. The van der Waals surface area contributed by atoms with Gasteiger partial charge in [-0.25, -0.2) is 8.42 Å². The van der Waals surface area contributed by atoms with Gasteiger partial charge in [0.1, 0.15) is 13.2 Å². The second-order valence-electron chi connectivity index (χ2n) is 9.06. The van der Waals surface area contributed by atoms with Crippen molar-refractivity contribution in [3.05, 3.63) is 78.4 Å². The summed E-state index contributed by atoms with van der Waals surface area (Å²) < 4.78 is 45.3. The molecule has 2 aliphatic heterocycles. The standard InChI is InChI=1S/C28H27N3O5S/c1-20-7-5-6-10-23(20)26-29-27(37(32,33)22-11-12-24-25(19-22)35-18-17-34-24)28(36-26)31-15-13-30(14-16-31)21-8-3-2-4-9-21/h2-12,19H,13-18H2,1H3. The number of benzene rings is 3. The molecule has 190 valence electrons. The van der Waals surface area contributed by atoms with E-state index in [1.54, 1.807) is 6.07 Å². The van der Waals surface area contributed by atoms with E-state index in [-0.39, 0.29) is 21.7 Å². The van der Waals surface area contributed by atoms with Gasteiger partial charge in [-0.2, -0.15) is 4.98 Å². The Morgan fingerprint density at radius 1 is 0.784 bits per heavy atom. The normalized spacial score (nSPS) is 15.6. The van der Waals surface area contributed by atoms with Gasteiger partial charge in [0.2, 0.25) is 26.6 Å². The first kappa shape index (κ1) is 23.4. The highest BCUT2D eigenvalue weighted by atomic mass is 32.2. The van der Waals surface area contributed by atoms with E-state index >= 15 is 0 Å². The summed E-state index contributed by atoms with van der Waals surface area (Å²) >= 11 is 0. The number of anilines is 2. The Balaban J connectivity index is 1.39. The number of rotatable bonds is 5. The Bertz CT molecular complexity index is 1530. The molecule has 0 radical (unpaired) electrons. The van der Waals surface area contributed by atoms with Crippen molar-refractivity contribution in [2.75, 3.05) is 49.2 Å². The lowest BCUT2D eigenvalue weighted by atomic mass is 10.1. The Morgan fingerprint density at radius 3 is 2.22 bits per heavy atom. The van der Waals surface area contributed by atoms with Crippen molar-refractivity contribution < 1.29 is 22.3 Å². The van der Waals surface area contributed by atoms with Crippen LogP contribution in [-0.4, -0.2) is 52.8 Å². The van der Waals surface area contributed by atoms with Crippen molar-refractivity contribution >= 4 is 21.4 Å². The lowest BCUT2D eigenvalue weighted by Gasteiger charge is -2.36. The molecular weight excluding hydrogens is 490 g/mol. The van der Waals surface area contributed by atoms with Crippen LogP contribution in [0.2, 0.25) is 0 Å². The molecule has 0 unspecified atom stereocenters. The van der Waals surface area contributed by atoms with E-state index in [0.717, 1.165) is 29.9 Å². The maximum atomic E-state index is 13.9. The zero-order chi connectivity index (χ0) is 25.4. The third-order valence-corrected chi connectivity index (χ3v) is 8.37. The topological polar surface area (TPSA) is 85.1 Å². The number of hydrogen-bond acceptors (Lipinski definition) is 8. The molecule has 1 saturated heterocycles. The average Bonchev–Trinajstić information content (AvgIpc) is 3.40. The maximum absolute atomic E-state index is 13.9. The molecule has 0 atom stereocenters. The molecule has 0 saturated carbocycles. The van der Waals surface area contributed by atoms with Crippen LogP contribution in [0.25, 0.3) is 11.5 Å². The summed E-state index contributed by atoms with van der Waals surface area (Å²) in [6.45, 7) is 5.41. The van der Waals surface area contributed by atoms with Crippen LogP contribution in [0.1, 0.15) is 5.56 Å². The molecule has 1 aromatic heterocycles. The first-order valence-electron chi connectivity index (χ1n) is 12.3. The van der Waals surface area contributed by atoms with Gasteiger partial charge in [0.15, 0.2) is 11.5 Å². The number of ether oxygens (including phenoxy) is 2.